The average molecular weight is 506 g/mol. The maximum absolute atomic E-state index is 13.0. The first-order valence-electron chi connectivity index (χ1n) is 8.98. The minimum atomic E-state index is -0.720. The Balaban J connectivity index is 1.96. The molecule has 0 bridgehead atoms. The topological polar surface area (TPSA) is 113 Å². The second-order valence-electron chi connectivity index (χ2n) is 6.85. The van der Waals surface area contributed by atoms with Gasteiger partial charge in [-0.25, -0.2) is 0 Å². The fraction of sp³-hybridized carbons (Fsp3) is 0.200. The minimum absolute atomic E-state index is 0.0512. The minimum Gasteiger partial charge on any atom is -0.384 e. The highest BCUT2D eigenvalue weighted by atomic mass is 79.9. The summed E-state index contributed by atoms with van der Waals surface area (Å²) in [6, 6.07) is 10.4. The Morgan fingerprint density at radius 3 is 2.73 bits per heavy atom. The number of nitro groups is 1. The number of carbonyl (C=O) groups is 1. The largest absolute Gasteiger partial charge is 0.384 e. The molecule has 2 aliphatic rings. The third-order valence-corrected chi connectivity index (χ3v) is 7.04. The predicted molar refractivity (Wildman–Crippen MR) is 118 cm³/mol. The highest BCUT2D eigenvalue weighted by Gasteiger charge is 2.41. The lowest BCUT2D eigenvalue weighted by Crippen LogP contribution is -2.38. The van der Waals surface area contributed by atoms with E-state index in [2.05, 4.69) is 22.0 Å². The van der Waals surface area contributed by atoms with E-state index >= 15 is 0 Å². The number of benzene rings is 1. The Hall–Kier alpha value is -2.67. The second-order valence-corrected chi connectivity index (χ2v) is 9.26. The van der Waals surface area contributed by atoms with Crippen LogP contribution in [0.25, 0.3) is 0 Å². The Kier molecular flexibility index (Phi) is 5.40. The molecular weight excluding hydrogens is 492 g/mol. The summed E-state index contributed by atoms with van der Waals surface area (Å²) in [4.78, 5) is 25.9. The number of Topliss-reactive ketones (excluding diaryl/α,β-unsaturated/α-hetero) is 1. The number of rotatable bonds is 3. The quantitative estimate of drug-likeness (QED) is 0.443. The Morgan fingerprint density at radius 1 is 1.33 bits per heavy atom. The van der Waals surface area contributed by atoms with Crippen molar-refractivity contribution in [3.8, 4) is 6.07 Å². The molecule has 0 fully saturated rings. The van der Waals surface area contributed by atoms with Crippen molar-refractivity contribution in [1.82, 2.24) is 0 Å². The van der Waals surface area contributed by atoms with E-state index < -0.39 is 10.8 Å². The van der Waals surface area contributed by atoms with Crippen LogP contribution in [0, 0.1) is 21.4 Å². The summed E-state index contributed by atoms with van der Waals surface area (Å²) in [5, 5.41) is 21.5. The molecule has 2 heterocycles. The highest BCUT2D eigenvalue weighted by molar-refractivity contribution is 9.10. The number of nitrogens with zero attached hydrogens (tertiary/aromatic N) is 3. The third-order valence-electron chi connectivity index (χ3n) is 5.14. The van der Waals surface area contributed by atoms with Crippen molar-refractivity contribution < 1.29 is 9.72 Å². The van der Waals surface area contributed by atoms with Gasteiger partial charge in [-0.1, -0.05) is 38.9 Å². The van der Waals surface area contributed by atoms with Crippen molar-refractivity contribution in [3.05, 3.63) is 77.5 Å². The molecule has 4 rings (SSSR count). The van der Waals surface area contributed by atoms with E-state index in [9.17, 15) is 20.2 Å². The number of thiophene rings is 1. The Labute approximate surface area is 189 Å². The van der Waals surface area contributed by atoms with Crippen LogP contribution in [-0.2, 0) is 4.79 Å². The number of hydrogen-bond donors (Lipinski definition) is 1. The summed E-state index contributed by atoms with van der Waals surface area (Å²) in [5.74, 6) is -0.631. The van der Waals surface area contributed by atoms with E-state index in [-0.39, 0.29) is 22.2 Å². The van der Waals surface area contributed by atoms with Gasteiger partial charge in [0, 0.05) is 33.1 Å². The van der Waals surface area contributed by atoms with Crippen LogP contribution >= 0.6 is 38.9 Å². The van der Waals surface area contributed by atoms with Crippen LogP contribution in [0.1, 0.15) is 30.1 Å². The van der Waals surface area contributed by atoms with Gasteiger partial charge in [0.2, 0.25) is 0 Å². The van der Waals surface area contributed by atoms with Crippen LogP contribution in [0.4, 0.5) is 10.7 Å². The number of carbonyl (C=O) groups excluding carboxylic acids is 1. The van der Waals surface area contributed by atoms with Gasteiger partial charge in [-0.3, -0.25) is 19.8 Å². The van der Waals surface area contributed by atoms with Gasteiger partial charge in [0.1, 0.15) is 5.82 Å². The van der Waals surface area contributed by atoms with Gasteiger partial charge in [0.25, 0.3) is 0 Å². The van der Waals surface area contributed by atoms with Crippen molar-refractivity contribution in [1.29, 1.82) is 5.26 Å². The van der Waals surface area contributed by atoms with E-state index in [0.717, 1.165) is 15.8 Å². The van der Waals surface area contributed by atoms with Gasteiger partial charge < -0.3 is 5.73 Å². The first-order chi connectivity index (χ1) is 14.3. The maximum atomic E-state index is 13.0. The van der Waals surface area contributed by atoms with Crippen molar-refractivity contribution in [3.63, 3.8) is 0 Å². The molecule has 0 radical (unpaired) electrons. The summed E-state index contributed by atoms with van der Waals surface area (Å²) < 4.78 is 0.786. The lowest BCUT2D eigenvalue weighted by Gasteiger charge is -2.39. The molecule has 0 saturated carbocycles. The molecule has 1 aliphatic carbocycles. The summed E-state index contributed by atoms with van der Waals surface area (Å²) in [7, 11) is 0. The number of nitrogens with two attached hydrogens (primary N) is 1. The van der Waals surface area contributed by atoms with Crippen molar-refractivity contribution in [2.45, 2.75) is 25.2 Å². The molecule has 1 atom stereocenters. The zero-order chi connectivity index (χ0) is 21.6. The van der Waals surface area contributed by atoms with Gasteiger partial charge in [-0.05, 0) is 37.1 Å². The van der Waals surface area contributed by atoms with Crippen molar-refractivity contribution >= 4 is 55.3 Å². The molecule has 0 saturated heterocycles. The van der Waals surface area contributed by atoms with Gasteiger partial charge in [-0.2, -0.15) is 5.26 Å². The van der Waals surface area contributed by atoms with Crippen LogP contribution in [0.3, 0.4) is 0 Å². The summed E-state index contributed by atoms with van der Waals surface area (Å²) in [5.41, 5.74) is 8.36. The summed E-state index contributed by atoms with van der Waals surface area (Å²) >= 11 is 10.8. The van der Waals surface area contributed by atoms with E-state index in [1.54, 1.807) is 29.2 Å². The molecular formula is C20H14BrClN4O3S. The lowest BCUT2D eigenvalue weighted by molar-refractivity contribution is -0.380. The Morgan fingerprint density at radius 2 is 2.10 bits per heavy atom. The smallest absolute Gasteiger partial charge is 0.324 e. The molecule has 152 valence electrons. The standard InChI is InChI=1S/C20H14BrClN4O3S/c21-10-4-5-13(12(22)8-10)25-14-2-1-3-15(27)19(14)18(11(9-23)20(25)24)16-6-7-17(30-16)26(28)29/h4-8,18H,1-3,24H2/t18-/m0/s1. The number of hydrogen-bond acceptors (Lipinski definition) is 7. The molecule has 2 aromatic rings. The van der Waals surface area contributed by atoms with Crippen molar-refractivity contribution in [2.24, 2.45) is 5.73 Å². The second kappa shape index (κ2) is 7.87. The van der Waals surface area contributed by atoms with Crippen LogP contribution in [0.15, 0.2) is 57.5 Å². The van der Waals surface area contributed by atoms with Gasteiger partial charge in [0.15, 0.2) is 5.78 Å². The van der Waals surface area contributed by atoms with Crippen LogP contribution < -0.4 is 10.6 Å². The fourth-order valence-electron chi connectivity index (χ4n) is 3.90. The van der Waals surface area contributed by atoms with Gasteiger partial charge in [-0.15, -0.1) is 0 Å². The normalized spacial score (nSPS) is 19.0. The highest BCUT2D eigenvalue weighted by Crippen LogP contribution is 2.49. The molecule has 1 aliphatic heterocycles. The van der Waals surface area contributed by atoms with E-state index in [1.807, 2.05) is 0 Å². The molecule has 7 nitrogen and oxygen atoms in total. The predicted octanol–water partition coefficient (Wildman–Crippen LogP) is 5.38. The molecule has 0 unspecified atom stereocenters. The summed E-state index contributed by atoms with van der Waals surface area (Å²) in [6.45, 7) is 0. The number of allylic oxidation sites excluding steroid dienone is 3. The maximum Gasteiger partial charge on any atom is 0.324 e. The molecule has 2 N–H and O–H groups in total. The van der Waals surface area contributed by atoms with Crippen LogP contribution in [-0.4, -0.2) is 10.7 Å². The van der Waals surface area contributed by atoms with E-state index in [1.165, 1.54) is 6.07 Å². The molecule has 10 heteroatoms. The van der Waals surface area contributed by atoms with Gasteiger partial charge in [0.05, 0.1) is 33.2 Å². The zero-order valence-electron chi connectivity index (χ0n) is 15.4. The zero-order valence-corrected chi connectivity index (χ0v) is 18.6. The first kappa shape index (κ1) is 20.6. The average Bonchev–Trinajstić information content (AvgIpc) is 3.18. The SMILES string of the molecule is N#CC1=C(N)N(c2ccc(Br)cc2Cl)C2=C(C(=O)CCC2)[C@@H]1c1ccc([N+](=O)[O-])s1. The van der Waals surface area contributed by atoms with Gasteiger partial charge >= 0.3 is 5.00 Å². The van der Waals surface area contributed by atoms with E-state index in [0.29, 0.717) is 46.1 Å². The number of anilines is 1. The number of halogens is 2. The summed E-state index contributed by atoms with van der Waals surface area (Å²) in [6.07, 6.45) is 1.58. The van der Waals surface area contributed by atoms with Crippen molar-refractivity contribution in [2.75, 3.05) is 4.90 Å². The molecule has 1 aromatic heterocycles. The number of nitriles is 1. The van der Waals surface area contributed by atoms with Crippen LogP contribution in [0.2, 0.25) is 5.02 Å². The Bertz CT molecular complexity index is 1200. The monoisotopic (exact) mass is 504 g/mol. The fourth-order valence-corrected chi connectivity index (χ4v) is 5.60. The number of ketones is 1. The molecule has 0 amide bonds. The molecule has 0 spiro atoms. The van der Waals surface area contributed by atoms with E-state index in [4.69, 9.17) is 17.3 Å². The third kappa shape index (κ3) is 3.31. The first-order valence-corrected chi connectivity index (χ1v) is 11.0. The van der Waals surface area contributed by atoms with Crippen LogP contribution in [0.5, 0.6) is 0 Å². The lowest BCUT2D eigenvalue weighted by atomic mass is 9.78. The molecule has 1 aromatic carbocycles. The molecule has 30 heavy (non-hydrogen) atoms.